The van der Waals surface area contributed by atoms with Crippen LogP contribution in [0.5, 0.6) is 0 Å². The predicted molar refractivity (Wildman–Crippen MR) is 62.8 cm³/mol. The highest BCUT2D eigenvalue weighted by atomic mass is 15.1. The molecule has 3 nitrogen and oxygen atoms in total. The van der Waals surface area contributed by atoms with Gasteiger partial charge in [0.2, 0.25) is 0 Å². The summed E-state index contributed by atoms with van der Waals surface area (Å²) in [6.45, 7) is 5.33. The molecule has 3 heteroatoms. The molecule has 0 spiro atoms. The van der Waals surface area contributed by atoms with E-state index < -0.39 is 0 Å². The lowest BCUT2D eigenvalue weighted by molar-refractivity contribution is 0.308. The molecule has 0 bridgehead atoms. The lowest BCUT2D eigenvalue weighted by Gasteiger charge is -2.37. The number of rotatable bonds is 2. The van der Waals surface area contributed by atoms with E-state index in [1.807, 2.05) is 12.4 Å². The van der Waals surface area contributed by atoms with Crippen molar-refractivity contribution in [2.75, 3.05) is 24.5 Å². The molecule has 1 aliphatic rings. The maximum atomic E-state index is 5.79. The van der Waals surface area contributed by atoms with Gasteiger partial charge in [-0.15, -0.1) is 0 Å². The number of hydrogen-bond acceptors (Lipinski definition) is 3. The molecule has 2 N–H and O–H groups in total. The maximum Gasteiger partial charge on any atom is 0.0397 e. The first kappa shape index (κ1) is 10.4. The van der Waals surface area contributed by atoms with Crippen LogP contribution in [0.1, 0.15) is 13.3 Å². The van der Waals surface area contributed by atoms with E-state index in [0.29, 0.717) is 5.92 Å². The first-order valence-electron chi connectivity index (χ1n) is 5.66. The van der Waals surface area contributed by atoms with E-state index in [4.69, 9.17) is 5.73 Å². The first-order chi connectivity index (χ1) is 7.31. The molecule has 2 heterocycles. The summed E-state index contributed by atoms with van der Waals surface area (Å²) in [6.07, 6.45) is 4.94. The summed E-state index contributed by atoms with van der Waals surface area (Å²) in [5, 5.41) is 0. The lowest BCUT2D eigenvalue weighted by Crippen LogP contribution is -2.42. The standard InChI is InChI=1S/C12H19N3/c1-10-4-7-15(9-11(10)8-13)12-2-5-14-6-3-12/h2-3,5-6,10-11H,4,7-9,13H2,1H3. The molecular weight excluding hydrogens is 186 g/mol. The van der Waals surface area contributed by atoms with Crippen molar-refractivity contribution in [3.8, 4) is 0 Å². The van der Waals surface area contributed by atoms with Crippen LogP contribution in [0.4, 0.5) is 5.69 Å². The molecule has 0 aromatic carbocycles. The smallest absolute Gasteiger partial charge is 0.0397 e. The molecule has 0 aliphatic carbocycles. The van der Waals surface area contributed by atoms with Crippen LogP contribution in [0.15, 0.2) is 24.5 Å². The number of piperidine rings is 1. The fraction of sp³-hybridized carbons (Fsp3) is 0.583. The molecule has 0 amide bonds. The van der Waals surface area contributed by atoms with Crippen LogP contribution >= 0.6 is 0 Å². The van der Waals surface area contributed by atoms with Crippen LogP contribution in [-0.4, -0.2) is 24.6 Å². The Morgan fingerprint density at radius 3 is 2.87 bits per heavy atom. The van der Waals surface area contributed by atoms with E-state index in [1.165, 1.54) is 12.1 Å². The quantitative estimate of drug-likeness (QED) is 0.795. The second kappa shape index (κ2) is 4.62. The molecule has 82 valence electrons. The number of pyridine rings is 1. The van der Waals surface area contributed by atoms with Crippen molar-refractivity contribution in [2.45, 2.75) is 13.3 Å². The van der Waals surface area contributed by atoms with Gasteiger partial charge in [0.15, 0.2) is 0 Å². The van der Waals surface area contributed by atoms with Gasteiger partial charge in [0.05, 0.1) is 0 Å². The van der Waals surface area contributed by atoms with Crippen LogP contribution in [0.25, 0.3) is 0 Å². The van der Waals surface area contributed by atoms with Crippen LogP contribution in [-0.2, 0) is 0 Å². The molecule has 0 radical (unpaired) electrons. The molecule has 2 rings (SSSR count). The number of aromatic nitrogens is 1. The Bertz CT molecular complexity index is 299. The highest BCUT2D eigenvalue weighted by Gasteiger charge is 2.24. The summed E-state index contributed by atoms with van der Waals surface area (Å²) in [5.74, 6) is 1.39. The minimum absolute atomic E-state index is 0.631. The molecule has 1 aromatic heterocycles. The van der Waals surface area contributed by atoms with Gasteiger partial charge in [-0.25, -0.2) is 0 Å². The topological polar surface area (TPSA) is 42.2 Å². The summed E-state index contributed by atoms with van der Waals surface area (Å²) in [7, 11) is 0. The van der Waals surface area contributed by atoms with E-state index in [9.17, 15) is 0 Å². The van der Waals surface area contributed by atoms with Crippen molar-refractivity contribution in [3.05, 3.63) is 24.5 Å². The van der Waals surface area contributed by atoms with Gasteiger partial charge in [-0.2, -0.15) is 0 Å². The van der Waals surface area contributed by atoms with Gasteiger partial charge in [-0.3, -0.25) is 4.98 Å². The highest BCUT2D eigenvalue weighted by molar-refractivity contribution is 5.45. The molecule has 1 aromatic rings. The van der Waals surface area contributed by atoms with E-state index >= 15 is 0 Å². The summed E-state index contributed by atoms with van der Waals surface area (Å²) in [5.41, 5.74) is 7.07. The van der Waals surface area contributed by atoms with Crippen molar-refractivity contribution in [2.24, 2.45) is 17.6 Å². The maximum absolute atomic E-state index is 5.79. The van der Waals surface area contributed by atoms with Crippen LogP contribution < -0.4 is 10.6 Å². The largest absolute Gasteiger partial charge is 0.371 e. The third kappa shape index (κ3) is 2.29. The zero-order valence-corrected chi connectivity index (χ0v) is 9.26. The van der Waals surface area contributed by atoms with Crippen molar-refractivity contribution >= 4 is 5.69 Å². The zero-order chi connectivity index (χ0) is 10.7. The summed E-state index contributed by atoms with van der Waals surface area (Å²) < 4.78 is 0. The van der Waals surface area contributed by atoms with Crippen molar-refractivity contribution < 1.29 is 0 Å². The molecule has 15 heavy (non-hydrogen) atoms. The van der Waals surface area contributed by atoms with E-state index in [0.717, 1.165) is 25.6 Å². The molecule has 1 fully saturated rings. The fourth-order valence-corrected chi connectivity index (χ4v) is 2.25. The van der Waals surface area contributed by atoms with Gasteiger partial charge in [-0.1, -0.05) is 6.92 Å². The monoisotopic (exact) mass is 205 g/mol. The average Bonchev–Trinajstić information content (AvgIpc) is 2.31. The van der Waals surface area contributed by atoms with E-state index in [2.05, 4.69) is 28.9 Å². The van der Waals surface area contributed by atoms with Crippen molar-refractivity contribution in [3.63, 3.8) is 0 Å². The Labute approximate surface area is 91.3 Å². The number of nitrogens with two attached hydrogens (primary N) is 1. The second-order valence-corrected chi connectivity index (χ2v) is 4.41. The van der Waals surface area contributed by atoms with Gasteiger partial charge in [-0.05, 0) is 36.9 Å². The van der Waals surface area contributed by atoms with E-state index in [-0.39, 0.29) is 0 Å². The van der Waals surface area contributed by atoms with Gasteiger partial charge in [0.1, 0.15) is 0 Å². The molecule has 2 atom stereocenters. The first-order valence-corrected chi connectivity index (χ1v) is 5.66. The van der Waals surface area contributed by atoms with Crippen LogP contribution in [0.2, 0.25) is 0 Å². The predicted octanol–water partition coefficient (Wildman–Crippen LogP) is 1.50. The Balaban J connectivity index is 2.06. The van der Waals surface area contributed by atoms with Gasteiger partial charge in [0, 0.05) is 31.2 Å². The number of nitrogens with zero attached hydrogens (tertiary/aromatic N) is 2. The minimum atomic E-state index is 0.631. The molecular formula is C12H19N3. The zero-order valence-electron chi connectivity index (χ0n) is 9.26. The highest BCUT2D eigenvalue weighted by Crippen LogP contribution is 2.26. The minimum Gasteiger partial charge on any atom is -0.371 e. The third-order valence-electron chi connectivity index (χ3n) is 3.44. The molecule has 1 aliphatic heterocycles. The summed E-state index contributed by atoms with van der Waals surface area (Å²) in [6, 6.07) is 4.15. The third-order valence-corrected chi connectivity index (χ3v) is 3.44. The Hall–Kier alpha value is -1.09. The molecule has 1 saturated heterocycles. The Morgan fingerprint density at radius 1 is 1.47 bits per heavy atom. The lowest BCUT2D eigenvalue weighted by atomic mass is 9.87. The average molecular weight is 205 g/mol. The normalized spacial score (nSPS) is 26.7. The molecule has 2 unspecified atom stereocenters. The van der Waals surface area contributed by atoms with Crippen LogP contribution in [0.3, 0.4) is 0 Å². The second-order valence-electron chi connectivity index (χ2n) is 4.41. The summed E-state index contributed by atoms with van der Waals surface area (Å²) >= 11 is 0. The Kier molecular flexibility index (Phi) is 3.21. The van der Waals surface area contributed by atoms with Gasteiger partial charge in [0.25, 0.3) is 0 Å². The van der Waals surface area contributed by atoms with Crippen LogP contribution in [0, 0.1) is 11.8 Å². The summed E-state index contributed by atoms with van der Waals surface area (Å²) in [4.78, 5) is 6.46. The fourth-order valence-electron chi connectivity index (χ4n) is 2.25. The SMILES string of the molecule is CC1CCN(c2ccncc2)CC1CN. The Morgan fingerprint density at radius 2 is 2.20 bits per heavy atom. The van der Waals surface area contributed by atoms with Gasteiger partial charge < -0.3 is 10.6 Å². The van der Waals surface area contributed by atoms with Crippen molar-refractivity contribution in [1.29, 1.82) is 0 Å². The van der Waals surface area contributed by atoms with E-state index in [1.54, 1.807) is 0 Å². The number of hydrogen-bond donors (Lipinski definition) is 1. The van der Waals surface area contributed by atoms with Crippen molar-refractivity contribution in [1.82, 2.24) is 4.98 Å². The van der Waals surface area contributed by atoms with Gasteiger partial charge >= 0.3 is 0 Å². The number of anilines is 1. The molecule has 0 saturated carbocycles.